The van der Waals surface area contributed by atoms with Crippen molar-refractivity contribution in [2.45, 2.75) is 13.8 Å². The van der Waals surface area contributed by atoms with E-state index in [0.29, 0.717) is 0 Å². The van der Waals surface area contributed by atoms with Crippen LogP contribution in [-0.2, 0) is 0 Å². The number of aryl methyl sites for hydroxylation is 2. The molecule has 0 aliphatic heterocycles. The number of hydrogen-bond acceptors (Lipinski definition) is 0. The van der Waals surface area contributed by atoms with Gasteiger partial charge < -0.3 is 9.13 Å². The van der Waals surface area contributed by atoms with Gasteiger partial charge in [0.25, 0.3) is 0 Å². The van der Waals surface area contributed by atoms with Crippen LogP contribution < -0.4 is 0 Å². The second kappa shape index (κ2) is 10.2. The molecule has 8 aromatic carbocycles. The molecule has 0 aliphatic carbocycles. The average Bonchev–Trinajstić information content (AvgIpc) is 3.66. The first-order chi connectivity index (χ1) is 23.7. The summed E-state index contributed by atoms with van der Waals surface area (Å²) in [6.45, 7) is 4.54. The fourth-order valence-corrected chi connectivity index (χ4v) is 8.34. The van der Waals surface area contributed by atoms with Crippen molar-refractivity contribution in [3.05, 3.63) is 169 Å². The second-order valence-electron chi connectivity index (χ2n) is 13.0. The van der Waals surface area contributed by atoms with Crippen molar-refractivity contribution in [2.24, 2.45) is 0 Å². The summed E-state index contributed by atoms with van der Waals surface area (Å²) in [5.41, 5.74) is 12.5. The van der Waals surface area contributed by atoms with Gasteiger partial charge in [-0.1, -0.05) is 109 Å². The van der Waals surface area contributed by atoms with Gasteiger partial charge in [-0.05, 0) is 106 Å². The minimum Gasteiger partial charge on any atom is -0.309 e. The Morgan fingerprint density at radius 1 is 0.292 bits per heavy atom. The molecule has 0 saturated carbocycles. The maximum atomic E-state index is 2.41. The molecule has 10 rings (SSSR count). The molecular formula is C46H32N2. The van der Waals surface area contributed by atoms with Gasteiger partial charge in [-0.3, -0.25) is 0 Å². The van der Waals surface area contributed by atoms with Gasteiger partial charge >= 0.3 is 0 Å². The van der Waals surface area contributed by atoms with Crippen LogP contribution in [0.1, 0.15) is 11.1 Å². The predicted octanol–water partition coefficient (Wildman–Crippen LogP) is 12.5. The summed E-state index contributed by atoms with van der Waals surface area (Å²) in [4.78, 5) is 0. The third-order valence-corrected chi connectivity index (χ3v) is 10.4. The predicted molar refractivity (Wildman–Crippen MR) is 205 cm³/mol. The largest absolute Gasteiger partial charge is 0.309 e. The maximum Gasteiger partial charge on any atom is 0.0547 e. The van der Waals surface area contributed by atoms with Crippen LogP contribution in [0.4, 0.5) is 0 Å². The minimum atomic E-state index is 1.18. The molecule has 0 bridgehead atoms. The number of benzene rings is 8. The van der Waals surface area contributed by atoms with E-state index >= 15 is 0 Å². The van der Waals surface area contributed by atoms with Crippen LogP contribution in [-0.4, -0.2) is 9.13 Å². The molecule has 2 aromatic heterocycles. The Labute approximate surface area is 278 Å². The fraction of sp³-hybridized carbons (Fsp3) is 0.0435. The normalized spacial score (nSPS) is 12.0. The number of hydrogen-bond donors (Lipinski definition) is 0. The molecule has 0 amide bonds. The van der Waals surface area contributed by atoms with Gasteiger partial charge in [0.2, 0.25) is 0 Å². The van der Waals surface area contributed by atoms with E-state index in [1.165, 1.54) is 98.8 Å². The lowest BCUT2D eigenvalue weighted by Crippen LogP contribution is -1.95. The zero-order valence-electron chi connectivity index (χ0n) is 26.9. The zero-order chi connectivity index (χ0) is 31.9. The number of fused-ring (bicyclic) bond motifs is 10. The molecular weight excluding hydrogens is 581 g/mol. The van der Waals surface area contributed by atoms with E-state index in [1.54, 1.807) is 0 Å². The summed E-state index contributed by atoms with van der Waals surface area (Å²) in [6.07, 6.45) is 0. The van der Waals surface area contributed by atoms with Crippen LogP contribution in [0.15, 0.2) is 158 Å². The van der Waals surface area contributed by atoms with E-state index in [0.717, 1.165) is 0 Å². The summed E-state index contributed by atoms with van der Waals surface area (Å²) >= 11 is 0. The van der Waals surface area contributed by atoms with Crippen molar-refractivity contribution in [3.63, 3.8) is 0 Å². The van der Waals surface area contributed by atoms with Crippen LogP contribution in [0.2, 0.25) is 0 Å². The van der Waals surface area contributed by atoms with Crippen LogP contribution >= 0.6 is 0 Å². The molecule has 0 saturated heterocycles. The van der Waals surface area contributed by atoms with Crippen molar-refractivity contribution in [3.8, 4) is 22.5 Å². The van der Waals surface area contributed by atoms with Gasteiger partial charge in [-0.25, -0.2) is 0 Å². The molecule has 0 aliphatic rings. The Morgan fingerprint density at radius 3 is 1.10 bits per heavy atom. The molecule has 2 heteroatoms. The number of para-hydroxylation sites is 4. The molecule has 0 unspecified atom stereocenters. The standard InChI is InChI=1S/C46H32N2/c1-29-21-23-35-33(25-27-41-45(35)37-17-9-11-19-39(37)47(41)31-13-5-3-6-14-31)43(29)44-30(2)22-24-36-34(44)26-28-42-46(36)38-18-10-12-20-40(38)48(42)32-15-7-4-8-16-32/h3-28H,1-2H3. The third kappa shape index (κ3) is 3.69. The van der Waals surface area contributed by atoms with E-state index in [2.05, 4.69) is 181 Å². The average molecular weight is 613 g/mol. The Kier molecular flexibility index (Phi) is 5.74. The van der Waals surface area contributed by atoms with E-state index < -0.39 is 0 Å². The van der Waals surface area contributed by atoms with Gasteiger partial charge in [0.05, 0.1) is 22.1 Å². The first-order valence-electron chi connectivity index (χ1n) is 16.7. The van der Waals surface area contributed by atoms with Crippen LogP contribution in [0.3, 0.4) is 0 Å². The second-order valence-corrected chi connectivity index (χ2v) is 13.0. The van der Waals surface area contributed by atoms with E-state index in [4.69, 9.17) is 0 Å². The van der Waals surface area contributed by atoms with Crippen LogP contribution in [0.5, 0.6) is 0 Å². The van der Waals surface area contributed by atoms with E-state index in [-0.39, 0.29) is 0 Å². The van der Waals surface area contributed by atoms with Gasteiger partial charge in [-0.15, -0.1) is 0 Å². The number of nitrogens with zero attached hydrogens (tertiary/aromatic N) is 2. The SMILES string of the molecule is Cc1ccc2c(ccc3c2c2ccccc2n3-c2ccccc2)c1-c1c(C)ccc2c1ccc1c2c2ccccc2n1-c1ccccc1. The van der Waals surface area contributed by atoms with Crippen molar-refractivity contribution in [1.29, 1.82) is 0 Å². The first-order valence-corrected chi connectivity index (χ1v) is 16.7. The van der Waals surface area contributed by atoms with Gasteiger partial charge in [0.15, 0.2) is 0 Å². The lowest BCUT2D eigenvalue weighted by atomic mass is 9.86. The maximum absolute atomic E-state index is 2.41. The fourth-order valence-electron chi connectivity index (χ4n) is 8.34. The summed E-state index contributed by atoms with van der Waals surface area (Å²) in [7, 11) is 0. The number of rotatable bonds is 3. The zero-order valence-corrected chi connectivity index (χ0v) is 26.9. The Bertz CT molecular complexity index is 2690. The Hall–Kier alpha value is -6.12. The molecule has 0 fully saturated rings. The molecule has 0 atom stereocenters. The highest BCUT2D eigenvalue weighted by atomic mass is 15.0. The van der Waals surface area contributed by atoms with Crippen LogP contribution in [0, 0.1) is 13.8 Å². The lowest BCUT2D eigenvalue weighted by molar-refractivity contribution is 1.18. The van der Waals surface area contributed by atoms with E-state index in [1.807, 2.05) is 0 Å². The molecule has 2 heterocycles. The molecule has 2 nitrogen and oxygen atoms in total. The van der Waals surface area contributed by atoms with Gasteiger partial charge in [0.1, 0.15) is 0 Å². The van der Waals surface area contributed by atoms with Crippen molar-refractivity contribution < 1.29 is 0 Å². The quantitative estimate of drug-likeness (QED) is 0.188. The smallest absolute Gasteiger partial charge is 0.0547 e. The Balaban J connectivity index is 1.31. The van der Waals surface area contributed by atoms with Crippen molar-refractivity contribution in [2.75, 3.05) is 0 Å². The highest BCUT2D eigenvalue weighted by molar-refractivity contribution is 6.27. The molecule has 10 aromatic rings. The molecule has 0 N–H and O–H groups in total. The molecule has 0 radical (unpaired) electrons. The van der Waals surface area contributed by atoms with Gasteiger partial charge in [-0.2, -0.15) is 0 Å². The topological polar surface area (TPSA) is 9.86 Å². The van der Waals surface area contributed by atoms with E-state index in [9.17, 15) is 0 Å². The van der Waals surface area contributed by atoms with Gasteiger partial charge in [0, 0.05) is 32.9 Å². The first kappa shape index (κ1) is 27.0. The summed E-state index contributed by atoms with van der Waals surface area (Å²) in [6, 6.07) is 57.8. The van der Waals surface area contributed by atoms with Crippen LogP contribution in [0.25, 0.3) is 87.7 Å². The highest BCUT2D eigenvalue weighted by Gasteiger charge is 2.21. The monoisotopic (exact) mass is 612 g/mol. The molecule has 48 heavy (non-hydrogen) atoms. The molecule has 226 valence electrons. The number of aromatic nitrogens is 2. The minimum absolute atomic E-state index is 1.18. The van der Waals surface area contributed by atoms with Crippen molar-refractivity contribution >= 4 is 65.2 Å². The summed E-state index contributed by atoms with van der Waals surface area (Å²) in [5, 5.41) is 10.3. The summed E-state index contributed by atoms with van der Waals surface area (Å²) < 4.78 is 4.82. The molecule has 0 spiro atoms. The lowest BCUT2D eigenvalue weighted by Gasteiger charge is -2.18. The van der Waals surface area contributed by atoms with Crippen molar-refractivity contribution in [1.82, 2.24) is 9.13 Å². The Morgan fingerprint density at radius 2 is 0.667 bits per heavy atom. The highest BCUT2D eigenvalue weighted by Crippen LogP contribution is 2.45. The third-order valence-electron chi connectivity index (χ3n) is 10.4. The summed E-state index contributed by atoms with van der Waals surface area (Å²) in [5.74, 6) is 0.